The van der Waals surface area contributed by atoms with Gasteiger partial charge in [-0.05, 0) is 31.6 Å². The molecule has 0 aromatic carbocycles. The van der Waals surface area contributed by atoms with E-state index in [0.29, 0.717) is 31.6 Å². The molecule has 1 heterocycles. The first-order valence-corrected chi connectivity index (χ1v) is 8.79. The second-order valence-electron chi connectivity index (χ2n) is 5.86. The zero-order valence-electron chi connectivity index (χ0n) is 11.0. The van der Waals surface area contributed by atoms with Gasteiger partial charge in [-0.15, -0.1) is 0 Å². The highest BCUT2D eigenvalue weighted by Gasteiger charge is 2.51. The van der Waals surface area contributed by atoms with Crippen LogP contribution in [0.4, 0.5) is 0 Å². The molecular formula is C12H20N2O3S2. The molecule has 1 aliphatic heterocycles. The summed E-state index contributed by atoms with van der Waals surface area (Å²) in [4.78, 5) is 12.6. The standard InChI is InChI=1S/C12H20N2O3S2/c1-8-6-12(7-8,10(13)18)11(15)14-9-2-4-19(16,17)5-3-9/h8-9H,2-7H2,1H3,(H2,13,18)(H,14,15). The van der Waals surface area contributed by atoms with E-state index in [1.54, 1.807) is 0 Å². The Labute approximate surface area is 119 Å². The van der Waals surface area contributed by atoms with Gasteiger partial charge >= 0.3 is 0 Å². The van der Waals surface area contributed by atoms with Crippen LogP contribution in [0.2, 0.25) is 0 Å². The highest BCUT2D eigenvalue weighted by molar-refractivity contribution is 7.91. The quantitative estimate of drug-likeness (QED) is 0.736. The highest BCUT2D eigenvalue weighted by Crippen LogP contribution is 2.46. The lowest BCUT2D eigenvalue weighted by atomic mass is 9.62. The van der Waals surface area contributed by atoms with Gasteiger partial charge in [-0.25, -0.2) is 8.42 Å². The summed E-state index contributed by atoms with van der Waals surface area (Å²) in [6.07, 6.45) is 2.35. The first kappa shape index (κ1) is 14.7. The molecule has 5 nitrogen and oxygen atoms in total. The summed E-state index contributed by atoms with van der Waals surface area (Å²) in [5.41, 5.74) is 5.02. The predicted molar refractivity (Wildman–Crippen MR) is 77.4 cm³/mol. The number of rotatable bonds is 3. The summed E-state index contributed by atoms with van der Waals surface area (Å²) in [6, 6.07) is -0.0712. The van der Waals surface area contributed by atoms with Crippen LogP contribution in [-0.4, -0.2) is 36.9 Å². The zero-order chi connectivity index (χ0) is 14.3. The van der Waals surface area contributed by atoms with Gasteiger partial charge in [0.15, 0.2) is 0 Å². The number of carbonyl (C=O) groups excluding carboxylic acids is 1. The maximum Gasteiger partial charge on any atom is 0.233 e. The number of thiocarbonyl (C=S) groups is 1. The minimum absolute atomic E-state index is 0.0712. The molecule has 1 saturated carbocycles. The third-order valence-corrected chi connectivity index (χ3v) is 6.30. The van der Waals surface area contributed by atoms with Crippen LogP contribution in [0.25, 0.3) is 0 Å². The Kier molecular flexibility index (Phi) is 3.88. The number of carbonyl (C=O) groups is 1. The third kappa shape index (κ3) is 2.91. The Bertz CT molecular complexity index is 481. The van der Waals surface area contributed by atoms with Crippen molar-refractivity contribution in [3.8, 4) is 0 Å². The Morgan fingerprint density at radius 2 is 1.84 bits per heavy atom. The van der Waals surface area contributed by atoms with E-state index in [9.17, 15) is 13.2 Å². The van der Waals surface area contributed by atoms with Gasteiger partial charge in [0.1, 0.15) is 9.84 Å². The number of amides is 1. The van der Waals surface area contributed by atoms with Gasteiger partial charge in [-0.2, -0.15) is 0 Å². The van der Waals surface area contributed by atoms with Crippen molar-refractivity contribution in [2.75, 3.05) is 11.5 Å². The van der Waals surface area contributed by atoms with E-state index in [4.69, 9.17) is 18.0 Å². The Hall–Kier alpha value is -0.690. The van der Waals surface area contributed by atoms with Crippen LogP contribution < -0.4 is 11.1 Å². The zero-order valence-corrected chi connectivity index (χ0v) is 12.6. The topological polar surface area (TPSA) is 89.3 Å². The lowest BCUT2D eigenvalue weighted by Gasteiger charge is -2.45. The average molecular weight is 304 g/mol. The molecule has 2 fully saturated rings. The summed E-state index contributed by atoms with van der Waals surface area (Å²) in [5, 5.41) is 2.93. The molecule has 0 radical (unpaired) electrons. The van der Waals surface area contributed by atoms with Crippen molar-refractivity contribution < 1.29 is 13.2 Å². The molecule has 108 valence electrons. The predicted octanol–water partition coefficient (Wildman–Crippen LogP) is 0.382. The molecule has 0 aromatic heterocycles. The van der Waals surface area contributed by atoms with E-state index in [2.05, 4.69) is 12.2 Å². The molecule has 19 heavy (non-hydrogen) atoms. The maximum absolute atomic E-state index is 12.3. The maximum atomic E-state index is 12.3. The molecule has 3 N–H and O–H groups in total. The minimum atomic E-state index is -2.91. The van der Waals surface area contributed by atoms with Crippen LogP contribution in [0.15, 0.2) is 0 Å². The van der Waals surface area contributed by atoms with Crippen molar-refractivity contribution in [3.63, 3.8) is 0 Å². The summed E-state index contributed by atoms with van der Waals surface area (Å²) in [5.74, 6) is 0.629. The van der Waals surface area contributed by atoms with Gasteiger partial charge in [0, 0.05) is 6.04 Å². The van der Waals surface area contributed by atoms with Crippen LogP contribution in [-0.2, 0) is 14.6 Å². The van der Waals surface area contributed by atoms with Crippen LogP contribution in [0.5, 0.6) is 0 Å². The van der Waals surface area contributed by atoms with Crippen molar-refractivity contribution >= 4 is 33.0 Å². The monoisotopic (exact) mass is 304 g/mol. The number of hydrogen-bond acceptors (Lipinski definition) is 4. The molecule has 0 unspecified atom stereocenters. The molecule has 7 heteroatoms. The van der Waals surface area contributed by atoms with Crippen LogP contribution in [0.1, 0.15) is 32.6 Å². The molecule has 0 bridgehead atoms. The summed E-state index contributed by atoms with van der Waals surface area (Å²) >= 11 is 5.04. The third-order valence-electron chi connectivity index (χ3n) is 4.19. The summed E-state index contributed by atoms with van der Waals surface area (Å²) in [6.45, 7) is 2.07. The largest absolute Gasteiger partial charge is 0.392 e. The van der Waals surface area contributed by atoms with Gasteiger partial charge in [0.2, 0.25) is 5.91 Å². The lowest BCUT2D eigenvalue weighted by Crippen LogP contribution is -2.58. The Balaban J connectivity index is 1.96. The molecule has 1 amide bonds. The second kappa shape index (κ2) is 5.01. The SMILES string of the molecule is CC1CC(C(=O)NC2CCS(=O)(=O)CC2)(C(N)=S)C1. The smallest absolute Gasteiger partial charge is 0.233 e. The van der Waals surface area contributed by atoms with Crippen molar-refractivity contribution in [1.82, 2.24) is 5.32 Å². The number of nitrogens with two attached hydrogens (primary N) is 1. The summed E-state index contributed by atoms with van der Waals surface area (Å²) in [7, 11) is -2.91. The fourth-order valence-corrected chi connectivity index (χ4v) is 4.74. The van der Waals surface area contributed by atoms with Gasteiger partial charge in [0.05, 0.1) is 21.9 Å². The molecule has 0 atom stereocenters. The molecule has 1 saturated heterocycles. The van der Waals surface area contributed by atoms with E-state index in [1.807, 2.05) is 0 Å². The van der Waals surface area contributed by atoms with E-state index in [1.165, 1.54) is 0 Å². The Morgan fingerprint density at radius 1 is 1.32 bits per heavy atom. The average Bonchev–Trinajstić information content (AvgIpc) is 2.27. The van der Waals surface area contributed by atoms with Crippen LogP contribution >= 0.6 is 12.2 Å². The van der Waals surface area contributed by atoms with Crippen molar-refractivity contribution in [2.45, 2.75) is 38.6 Å². The molecule has 1 aliphatic carbocycles. The first-order valence-electron chi connectivity index (χ1n) is 6.56. The van der Waals surface area contributed by atoms with E-state index >= 15 is 0 Å². The molecule has 2 aliphatic rings. The summed E-state index contributed by atoms with van der Waals surface area (Å²) < 4.78 is 22.7. The van der Waals surface area contributed by atoms with Crippen molar-refractivity contribution in [3.05, 3.63) is 0 Å². The molecule has 0 aromatic rings. The fraction of sp³-hybridized carbons (Fsp3) is 0.833. The normalized spacial score (nSPS) is 34.3. The van der Waals surface area contributed by atoms with Crippen molar-refractivity contribution in [2.24, 2.45) is 17.1 Å². The van der Waals surface area contributed by atoms with E-state index < -0.39 is 15.3 Å². The molecular weight excluding hydrogens is 284 g/mol. The fourth-order valence-electron chi connectivity index (χ4n) is 2.99. The Morgan fingerprint density at radius 3 is 2.26 bits per heavy atom. The van der Waals surface area contributed by atoms with Gasteiger partial charge in [-0.3, -0.25) is 4.79 Å². The number of sulfone groups is 1. The lowest BCUT2D eigenvalue weighted by molar-refractivity contribution is -0.133. The molecule has 0 spiro atoms. The molecule has 2 rings (SSSR count). The van der Waals surface area contributed by atoms with Crippen LogP contribution in [0.3, 0.4) is 0 Å². The van der Waals surface area contributed by atoms with Gasteiger partial charge in [-0.1, -0.05) is 19.1 Å². The van der Waals surface area contributed by atoms with E-state index in [0.717, 1.165) is 0 Å². The first-order chi connectivity index (χ1) is 8.75. The van der Waals surface area contributed by atoms with Crippen molar-refractivity contribution in [1.29, 1.82) is 0 Å². The highest BCUT2D eigenvalue weighted by atomic mass is 32.2. The van der Waals surface area contributed by atoms with Gasteiger partial charge in [0.25, 0.3) is 0 Å². The number of hydrogen-bond donors (Lipinski definition) is 2. The van der Waals surface area contributed by atoms with E-state index in [-0.39, 0.29) is 28.4 Å². The van der Waals surface area contributed by atoms with Gasteiger partial charge < -0.3 is 11.1 Å². The van der Waals surface area contributed by atoms with Crippen LogP contribution in [0, 0.1) is 11.3 Å². The number of nitrogens with one attached hydrogen (secondary N) is 1. The minimum Gasteiger partial charge on any atom is -0.392 e. The second-order valence-corrected chi connectivity index (χ2v) is 8.60.